The van der Waals surface area contributed by atoms with Gasteiger partial charge in [-0.3, -0.25) is 0 Å². The van der Waals surface area contributed by atoms with Crippen molar-refractivity contribution in [2.45, 2.75) is 18.8 Å². The first-order chi connectivity index (χ1) is 3.83. The first-order valence-electron chi connectivity index (χ1n) is 2.68. The van der Waals surface area contributed by atoms with Gasteiger partial charge >= 0.3 is 0 Å². The van der Waals surface area contributed by atoms with Crippen molar-refractivity contribution in [1.29, 1.82) is 0 Å². The Morgan fingerprint density at radius 2 is 2.62 bits per heavy atom. The fourth-order valence-corrected chi connectivity index (χ4v) is 0.739. The van der Waals surface area contributed by atoms with Gasteiger partial charge in [-0.2, -0.15) is 0 Å². The number of aliphatic hydroxyl groups is 1. The van der Waals surface area contributed by atoms with Gasteiger partial charge in [-0.15, -0.1) is 0 Å². The molecule has 0 amide bonds. The molecule has 0 saturated carbocycles. The van der Waals surface area contributed by atoms with Crippen LogP contribution in [0.15, 0.2) is 0 Å². The second-order valence-electron chi connectivity index (χ2n) is 1.87. The molecule has 0 bridgehead atoms. The summed E-state index contributed by atoms with van der Waals surface area (Å²) in [4.78, 5) is 0. The number of hydrogen-bond acceptors (Lipinski definition) is 3. The minimum Gasteiger partial charge on any atom is -0.394 e. The van der Waals surface area contributed by atoms with Crippen molar-refractivity contribution in [2.24, 2.45) is 5.73 Å². The standard InChI is InChI=1S/C5H10NO2/c6-5-2-1-4(3-7)8-5/h1,4-5,7H,2-3,6H2/t4-,5+/m0/s1. The van der Waals surface area contributed by atoms with Crippen molar-refractivity contribution in [3.8, 4) is 0 Å². The van der Waals surface area contributed by atoms with Crippen molar-refractivity contribution >= 4 is 0 Å². The van der Waals surface area contributed by atoms with Crippen molar-refractivity contribution in [3.05, 3.63) is 6.42 Å². The summed E-state index contributed by atoms with van der Waals surface area (Å²) in [6, 6.07) is 0. The Kier molecular flexibility index (Phi) is 1.83. The number of aliphatic hydroxyl groups excluding tert-OH is 1. The second-order valence-corrected chi connectivity index (χ2v) is 1.87. The van der Waals surface area contributed by atoms with E-state index >= 15 is 0 Å². The highest BCUT2D eigenvalue weighted by molar-refractivity contribution is 4.85. The molecule has 0 aromatic rings. The van der Waals surface area contributed by atoms with Crippen molar-refractivity contribution in [3.63, 3.8) is 0 Å². The lowest BCUT2D eigenvalue weighted by atomic mass is 10.2. The Morgan fingerprint density at radius 1 is 1.88 bits per heavy atom. The largest absolute Gasteiger partial charge is 0.394 e. The Labute approximate surface area is 48.4 Å². The van der Waals surface area contributed by atoms with E-state index in [4.69, 9.17) is 15.6 Å². The summed E-state index contributed by atoms with van der Waals surface area (Å²) in [7, 11) is 0. The predicted octanol–water partition coefficient (Wildman–Crippen LogP) is -0.743. The lowest BCUT2D eigenvalue weighted by molar-refractivity contribution is 0.0228. The first kappa shape index (κ1) is 6.01. The average molecular weight is 116 g/mol. The van der Waals surface area contributed by atoms with E-state index in [9.17, 15) is 0 Å². The second kappa shape index (κ2) is 2.44. The summed E-state index contributed by atoms with van der Waals surface area (Å²) in [5, 5.41) is 8.47. The Morgan fingerprint density at radius 3 is 2.88 bits per heavy atom. The zero-order valence-electron chi connectivity index (χ0n) is 4.58. The van der Waals surface area contributed by atoms with Gasteiger partial charge in [0.15, 0.2) is 0 Å². The first-order valence-corrected chi connectivity index (χ1v) is 2.68. The summed E-state index contributed by atoms with van der Waals surface area (Å²) in [6.45, 7) is 0.0493. The minimum atomic E-state index is -0.188. The van der Waals surface area contributed by atoms with Crippen molar-refractivity contribution in [2.75, 3.05) is 6.61 Å². The van der Waals surface area contributed by atoms with Crippen LogP contribution >= 0.6 is 0 Å². The molecule has 1 fully saturated rings. The number of rotatable bonds is 1. The third-order valence-corrected chi connectivity index (χ3v) is 1.16. The Balaban J connectivity index is 2.22. The molecule has 1 radical (unpaired) electrons. The third-order valence-electron chi connectivity index (χ3n) is 1.16. The van der Waals surface area contributed by atoms with Gasteiger partial charge in [0, 0.05) is 0 Å². The van der Waals surface area contributed by atoms with Crippen LogP contribution < -0.4 is 5.73 Å². The highest BCUT2D eigenvalue weighted by Crippen LogP contribution is 2.13. The third kappa shape index (κ3) is 1.18. The van der Waals surface area contributed by atoms with E-state index in [1.807, 2.05) is 6.42 Å². The molecule has 3 heteroatoms. The molecule has 1 aliphatic heterocycles. The highest BCUT2D eigenvalue weighted by atomic mass is 16.5. The fraction of sp³-hybridized carbons (Fsp3) is 0.800. The SMILES string of the molecule is N[C@H]1C[CH][C@@H](CO)O1. The lowest BCUT2D eigenvalue weighted by Crippen LogP contribution is -2.21. The molecular weight excluding hydrogens is 106 g/mol. The summed E-state index contributed by atoms with van der Waals surface area (Å²) in [5.74, 6) is 0. The topological polar surface area (TPSA) is 55.5 Å². The van der Waals surface area contributed by atoms with Gasteiger partial charge in [-0.05, 0) is 12.8 Å². The molecule has 3 N–H and O–H groups in total. The average Bonchev–Trinajstić information content (AvgIpc) is 2.14. The van der Waals surface area contributed by atoms with Gasteiger partial charge < -0.3 is 15.6 Å². The molecule has 1 heterocycles. The van der Waals surface area contributed by atoms with Crippen LogP contribution in [0.25, 0.3) is 0 Å². The molecule has 1 aliphatic rings. The smallest absolute Gasteiger partial charge is 0.106 e. The highest BCUT2D eigenvalue weighted by Gasteiger charge is 2.20. The van der Waals surface area contributed by atoms with E-state index in [1.54, 1.807) is 0 Å². The molecule has 0 unspecified atom stereocenters. The Bertz CT molecular complexity index is 76.8. The maximum Gasteiger partial charge on any atom is 0.106 e. The summed E-state index contributed by atoms with van der Waals surface area (Å²) in [5.41, 5.74) is 5.34. The monoisotopic (exact) mass is 116 g/mol. The fourth-order valence-electron chi connectivity index (χ4n) is 0.739. The molecule has 3 nitrogen and oxygen atoms in total. The quantitative estimate of drug-likeness (QED) is 0.474. The van der Waals surface area contributed by atoms with Gasteiger partial charge in [-0.1, -0.05) is 0 Å². The summed E-state index contributed by atoms with van der Waals surface area (Å²) >= 11 is 0. The molecular formula is C5H10NO2. The number of nitrogens with two attached hydrogens (primary N) is 1. The van der Waals surface area contributed by atoms with E-state index in [-0.39, 0.29) is 18.9 Å². The van der Waals surface area contributed by atoms with E-state index in [0.29, 0.717) is 0 Å². The van der Waals surface area contributed by atoms with Gasteiger partial charge in [0.2, 0.25) is 0 Å². The van der Waals surface area contributed by atoms with Crippen LogP contribution in [0.3, 0.4) is 0 Å². The zero-order chi connectivity index (χ0) is 5.98. The molecule has 1 saturated heterocycles. The minimum absolute atomic E-state index is 0.0493. The van der Waals surface area contributed by atoms with Gasteiger partial charge in [0.1, 0.15) is 6.23 Å². The lowest BCUT2D eigenvalue weighted by Gasteiger charge is -2.04. The molecule has 8 heavy (non-hydrogen) atoms. The summed E-state index contributed by atoms with van der Waals surface area (Å²) in [6.07, 6.45) is 2.33. The molecule has 1 rings (SSSR count). The molecule has 0 spiro atoms. The van der Waals surface area contributed by atoms with Crippen molar-refractivity contribution < 1.29 is 9.84 Å². The van der Waals surface area contributed by atoms with Gasteiger partial charge in [0.05, 0.1) is 12.7 Å². The number of ether oxygens (including phenoxy) is 1. The van der Waals surface area contributed by atoms with Crippen LogP contribution in [0.2, 0.25) is 0 Å². The van der Waals surface area contributed by atoms with E-state index in [1.165, 1.54) is 0 Å². The molecule has 0 aromatic carbocycles. The van der Waals surface area contributed by atoms with Gasteiger partial charge in [0.25, 0.3) is 0 Å². The van der Waals surface area contributed by atoms with E-state index in [0.717, 1.165) is 6.42 Å². The predicted molar refractivity (Wildman–Crippen MR) is 28.9 cm³/mol. The van der Waals surface area contributed by atoms with Crippen LogP contribution in [0, 0.1) is 6.42 Å². The van der Waals surface area contributed by atoms with Crippen LogP contribution in [-0.2, 0) is 4.74 Å². The maximum atomic E-state index is 8.47. The Hall–Kier alpha value is -0.120. The van der Waals surface area contributed by atoms with Crippen LogP contribution in [0.1, 0.15) is 6.42 Å². The van der Waals surface area contributed by atoms with Crippen molar-refractivity contribution in [1.82, 2.24) is 0 Å². The van der Waals surface area contributed by atoms with Crippen LogP contribution in [-0.4, -0.2) is 24.0 Å². The molecule has 0 aliphatic carbocycles. The summed E-state index contributed by atoms with van der Waals surface area (Å²) < 4.78 is 4.98. The number of hydrogen-bond donors (Lipinski definition) is 2. The van der Waals surface area contributed by atoms with Crippen LogP contribution in [0.4, 0.5) is 0 Å². The maximum absolute atomic E-state index is 8.47. The molecule has 0 aromatic heterocycles. The molecule has 47 valence electrons. The van der Waals surface area contributed by atoms with E-state index < -0.39 is 0 Å². The molecule has 2 atom stereocenters. The van der Waals surface area contributed by atoms with Gasteiger partial charge in [-0.25, -0.2) is 0 Å². The van der Waals surface area contributed by atoms with Crippen LogP contribution in [0.5, 0.6) is 0 Å². The van der Waals surface area contributed by atoms with E-state index in [2.05, 4.69) is 0 Å². The normalized spacial score (nSPS) is 38.2. The zero-order valence-corrected chi connectivity index (χ0v) is 4.58.